The van der Waals surface area contributed by atoms with Gasteiger partial charge in [-0.15, -0.1) is 0 Å². The number of rotatable bonds is 3. The summed E-state index contributed by atoms with van der Waals surface area (Å²) in [4.78, 5) is 18.6. The number of nitrogens with zero attached hydrogens (tertiary/aromatic N) is 2. The zero-order chi connectivity index (χ0) is 16.6. The van der Waals surface area contributed by atoms with Gasteiger partial charge in [0.2, 0.25) is 5.76 Å². The van der Waals surface area contributed by atoms with Crippen molar-refractivity contribution in [2.24, 2.45) is 0 Å². The van der Waals surface area contributed by atoms with Crippen LogP contribution in [-0.2, 0) is 0 Å². The Balaban J connectivity index is 1.93. The van der Waals surface area contributed by atoms with Gasteiger partial charge in [0.25, 0.3) is 5.91 Å². The summed E-state index contributed by atoms with van der Waals surface area (Å²) in [5.74, 6) is 1.18. The van der Waals surface area contributed by atoms with Crippen molar-refractivity contribution in [2.75, 3.05) is 13.7 Å². The van der Waals surface area contributed by atoms with E-state index in [1.807, 2.05) is 24.3 Å². The predicted molar refractivity (Wildman–Crippen MR) is 83.4 cm³/mol. The minimum Gasteiger partial charge on any atom is -0.497 e. The van der Waals surface area contributed by atoms with Crippen molar-refractivity contribution in [3.05, 3.63) is 47.2 Å². The molecule has 1 aliphatic heterocycles. The van der Waals surface area contributed by atoms with Crippen molar-refractivity contribution in [1.82, 2.24) is 9.88 Å². The second-order valence-electron chi connectivity index (χ2n) is 5.79. The number of ether oxygens (including phenoxy) is 1. The minimum absolute atomic E-state index is 0.211. The summed E-state index contributed by atoms with van der Waals surface area (Å²) in [6.45, 7) is 3.73. The van der Waals surface area contributed by atoms with Crippen molar-refractivity contribution in [1.29, 1.82) is 0 Å². The first-order chi connectivity index (χ1) is 11.0. The van der Waals surface area contributed by atoms with Crippen LogP contribution in [-0.4, -0.2) is 40.7 Å². The van der Waals surface area contributed by atoms with Gasteiger partial charge in [-0.25, -0.2) is 4.98 Å². The van der Waals surface area contributed by atoms with Crippen LogP contribution in [0.2, 0.25) is 0 Å². The molecule has 0 radical (unpaired) electrons. The second kappa shape index (κ2) is 6.04. The highest BCUT2D eigenvalue weighted by atomic mass is 16.5. The van der Waals surface area contributed by atoms with Gasteiger partial charge in [-0.1, -0.05) is 12.1 Å². The Labute approximate surface area is 134 Å². The molecule has 23 heavy (non-hydrogen) atoms. The number of β-amino-alcohol motifs (C(OH)–C–C–N with tert-alkyl or cyclic N) is 1. The van der Waals surface area contributed by atoms with Crippen LogP contribution >= 0.6 is 0 Å². The topological polar surface area (TPSA) is 75.8 Å². The number of aryl methyl sites for hydroxylation is 2. The van der Waals surface area contributed by atoms with E-state index in [-0.39, 0.29) is 24.3 Å². The van der Waals surface area contributed by atoms with Crippen molar-refractivity contribution < 1.29 is 19.1 Å². The molecule has 3 rings (SSSR count). The lowest BCUT2D eigenvalue weighted by Gasteiger charge is -2.24. The smallest absolute Gasteiger partial charge is 0.292 e. The number of aliphatic hydroxyl groups is 1. The molecule has 2 atom stereocenters. The fourth-order valence-corrected chi connectivity index (χ4v) is 3.06. The molecular formula is C17H20N2O4. The minimum atomic E-state index is -0.556. The van der Waals surface area contributed by atoms with Gasteiger partial charge in [0.1, 0.15) is 5.75 Å². The van der Waals surface area contributed by atoms with E-state index in [0.717, 1.165) is 11.3 Å². The van der Waals surface area contributed by atoms with Crippen LogP contribution in [0.25, 0.3) is 0 Å². The van der Waals surface area contributed by atoms with Gasteiger partial charge in [0.15, 0.2) is 5.89 Å². The maximum absolute atomic E-state index is 12.8. The fraction of sp³-hybridized carbons (Fsp3) is 0.412. The number of hydrogen-bond donors (Lipinski definition) is 1. The second-order valence-corrected chi connectivity index (χ2v) is 5.79. The number of carbonyl (C=O) groups excluding carboxylic acids is 1. The fourth-order valence-electron chi connectivity index (χ4n) is 3.06. The molecule has 1 aliphatic rings. The van der Waals surface area contributed by atoms with Crippen LogP contribution in [0.3, 0.4) is 0 Å². The molecule has 6 nitrogen and oxygen atoms in total. The van der Waals surface area contributed by atoms with Crippen LogP contribution in [0.15, 0.2) is 28.7 Å². The zero-order valence-electron chi connectivity index (χ0n) is 13.4. The summed E-state index contributed by atoms with van der Waals surface area (Å²) in [5, 5.41) is 10.1. The van der Waals surface area contributed by atoms with Gasteiger partial charge < -0.3 is 19.2 Å². The van der Waals surface area contributed by atoms with Gasteiger partial charge in [-0.2, -0.15) is 0 Å². The maximum atomic E-state index is 12.8. The third-order valence-corrected chi connectivity index (χ3v) is 4.12. The van der Waals surface area contributed by atoms with E-state index in [1.165, 1.54) is 0 Å². The number of aliphatic hydroxyl groups excluding tert-OH is 1. The van der Waals surface area contributed by atoms with Crippen LogP contribution in [0.5, 0.6) is 5.75 Å². The molecule has 6 heteroatoms. The summed E-state index contributed by atoms with van der Waals surface area (Å²) >= 11 is 0. The molecule has 1 N–H and O–H groups in total. The first kappa shape index (κ1) is 15.6. The Bertz CT molecular complexity index is 725. The van der Waals surface area contributed by atoms with Crippen LogP contribution in [0, 0.1) is 13.8 Å². The van der Waals surface area contributed by atoms with E-state index < -0.39 is 6.10 Å². The molecule has 1 aromatic heterocycles. The molecule has 2 heterocycles. The predicted octanol–water partition coefficient (Wildman–Crippen LogP) is 2.25. The van der Waals surface area contributed by atoms with Crippen molar-refractivity contribution in [2.45, 2.75) is 32.4 Å². The summed E-state index contributed by atoms with van der Waals surface area (Å²) in [7, 11) is 1.60. The Morgan fingerprint density at radius 1 is 1.43 bits per heavy atom. The molecule has 1 aromatic carbocycles. The molecule has 0 spiro atoms. The van der Waals surface area contributed by atoms with Gasteiger partial charge in [0.05, 0.1) is 24.9 Å². The quantitative estimate of drug-likeness (QED) is 0.940. The summed E-state index contributed by atoms with van der Waals surface area (Å²) in [6.07, 6.45) is -0.0649. The third-order valence-electron chi connectivity index (χ3n) is 4.12. The van der Waals surface area contributed by atoms with Gasteiger partial charge in [-0.3, -0.25) is 4.79 Å². The number of oxazole rings is 1. The molecule has 122 valence electrons. The van der Waals surface area contributed by atoms with Gasteiger partial charge in [-0.05, 0) is 31.0 Å². The lowest BCUT2D eigenvalue weighted by Crippen LogP contribution is -2.32. The highest BCUT2D eigenvalue weighted by Gasteiger charge is 2.37. The summed E-state index contributed by atoms with van der Waals surface area (Å²) in [6, 6.07) is 7.35. The molecule has 0 bridgehead atoms. The van der Waals surface area contributed by atoms with Gasteiger partial charge in [0, 0.05) is 13.5 Å². The first-order valence-corrected chi connectivity index (χ1v) is 7.56. The molecule has 1 fully saturated rings. The molecule has 0 saturated carbocycles. The molecule has 1 saturated heterocycles. The summed E-state index contributed by atoms with van der Waals surface area (Å²) in [5.41, 5.74) is 1.50. The van der Waals surface area contributed by atoms with E-state index in [2.05, 4.69) is 4.98 Å². The lowest BCUT2D eigenvalue weighted by atomic mass is 10.0. The number of aromatic nitrogens is 1. The Hall–Kier alpha value is -2.34. The van der Waals surface area contributed by atoms with E-state index >= 15 is 0 Å². The van der Waals surface area contributed by atoms with E-state index in [4.69, 9.17) is 9.15 Å². The van der Waals surface area contributed by atoms with E-state index in [1.54, 1.807) is 25.9 Å². The Morgan fingerprint density at radius 2 is 2.22 bits per heavy atom. The number of carbonyl (C=O) groups is 1. The van der Waals surface area contributed by atoms with E-state index in [9.17, 15) is 9.90 Å². The third kappa shape index (κ3) is 2.94. The first-order valence-electron chi connectivity index (χ1n) is 7.56. The van der Waals surface area contributed by atoms with Crippen molar-refractivity contribution in [3.8, 4) is 5.75 Å². The Morgan fingerprint density at radius 3 is 2.87 bits per heavy atom. The zero-order valence-corrected chi connectivity index (χ0v) is 13.4. The highest BCUT2D eigenvalue weighted by molar-refractivity contribution is 5.93. The standard InChI is InChI=1S/C17H20N2O4/c1-10-16(23-11(2)18-10)17(21)19-9-13(20)8-15(19)12-5-4-6-14(7-12)22-3/h4-7,13,15,20H,8-9H2,1-3H3/t13-,15-/m1/s1. The average molecular weight is 316 g/mol. The number of methoxy groups -OCH3 is 1. The largest absolute Gasteiger partial charge is 0.497 e. The highest BCUT2D eigenvalue weighted by Crippen LogP contribution is 2.35. The van der Waals surface area contributed by atoms with Crippen LogP contribution < -0.4 is 4.74 Å². The number of amides is 1. The molecule has 0 aliphatic carbocycles. The van der Waals surface area contributed by atoms with Gasteiger partial charge >= 0.3 is 0 Å². The summed E-state index contributed by atoms with van der Waals surface area (Å²) < 4.78 is 10.7. The normalized spacial score (nSPS) is 20.8. The average Bonchev–Trinajstić information content (AvgIpc) is 3.09. The molecular weight excluding hydrogens is 296 g/mol. The molecule has 0 unspecified atom stereocenters. The monoisotopic (exact) mass is 316 g/mol. The number of hydrogen-bond acceptors (Lipinski definition) is 5. The lowest BCUT2D eigenvalue weighted by molar-refractivity contribution is 0.0681. The van der Waals surface area contributed by atoms with Crippen LogP contribution in [0.1, 0.15) is 40.2 Å². The maximum Gasteiger partial charge on any atom is 0.292 e. The number of likely N-dealkylation sites (tertiary alicyclic amines) is 1. The molecule has 1 amide bonds. The van der Waals surface area contributed by atoms with Crippen molar-refractivity contribution >= 4 is 5.91 Å². The Kier molecular flexibility index (Phi) is 4.09. The van der Waals surface area contributed by atoms with E-state index in [0.29, 0.717) is 18.0 Å². The molecule has 2 aromatic rings. The van der Waals surface area contributed by atoms with Crippen molar-refractivity contribution in [3.63, 3.8) is 0 Å². The van der Waals surface area contributed by atoms with Crippen LogP contribution in [0.4, 0.5) is 0 Å². The SMILES string of the molecule is COc1cccc([C@H]2C[C@@H](O)CN2C(=O)c2oc(C)nc2C)c1. The number of benzene rings is 1.